The highest BCUT2D eigenvalue weighted by atomic mass is 15.3. The zero-order chi connectivity index (χ0) is 12.3. The van der Waals surface area contributed by atoms with E-state index in [1.54, 1.807) is 11.0 Å². The lowest BCUT2D eigenvalue weighted by Crippen LogP contribution is -2.17. The van der Waals surface area contributed by atoms with E-state index in [2.05, 4.69) is 41.3 Å². The van der Waals surface area contributed by atoms with Gasteiger partial charge in [-0.2, -0.15) is 5.10 Å². The molecule has 0 amide bonds. The van der Waals surface area contributed by atoms with Crippen molar-refractivity contribution >= 4 is 0 Å². The van der Waals surface area contributed by atoms with Gasteiger partial charge in [0, 0.05) is 19.4 Å². The minimum atomic E-state index is 0.304. The Hall–Kier alpha value is -1.68. The maximum absolute atomic E-state index is 5.85. The topological polar surface area (TPSA) is 56.7 Å². The molecule has 1 aromatic heterocycles. The second-order valence-corrected chi connectivity index (χ2v) is 4.35. The summed E-state index contributed by atoms with van der Waals surface area (Å²) in [6, 6.07) is 8.52. The monoisotopic (exact) mass is 230 g/mol. The summed E-state index contributed by atoms with van der Waals surface area (Å²) in [5.41, 5.74) is 8.38. The number of nitrogens with two attached hydrogens (primary N) is 1. The van der Waals surface area contributed by atoms with Gasteiger partial charge in [0.2, 0.25) is 0 Å². The number of rotatable bonds is 4. The Bertz CT molecular complexity index is 472. The molecule has 4 heteroatoms. The van der Waals surface area contributed by atoms with Gasteiger partial charge in [-0.1, -0.05) is 29.8 Å². The third kappa shape index (κ3) is 2.71. The predicted molar refractivity (Wildman–Crippen MR) is 67.7 cm³/mol. The SMILES string of the molecule is Cc1ccc(C(CN)Cc2ncnn2C)cc1. The van der Waals surface area contributed by atoms with E-state index in [9.17, 15) is 0 Å². The summed E-state index contributed by atoms with van der Waals surface area (Å²) in [5.74, 6) is 1.28. The smallest absolute Gasteiger partial charge is 0.138 e. The highest BCUT2D eigenvalue weighted by Gasteiger charge is 2.13. The molecule has 0 bridgehead atoms. The fourth-order valence-electron chi connectivity index (χ4n) is 1.90. The van der Waals surface area contributed by atoms with Crippen molar-refractivity contribution in [2.24, 2.45) is 12.8 Å². The summed E-state index contributed by atoms with van der Waals surface area (Å²) in [5, 5.41) is 4.08. The number of nitrogens with zero attached hydrogens (tertiary/aromatic N) is 3. The first-order valence-electron chi connectivity index (χ1n) is 5.80. The van der Waals surface area contributed by atoms with Crippen molar-refractivity contribution in [1.29, 1.82) is 0 Å². The van der Waals surface area contributed by atoms with Crippen molar-refractivity contribution in [3.05, 3.63) is 47.5 Å². The number of hydrogen-bond donors (Lipinski definition) is 1. The molecule has 2 aromatic rings. The van der Waals surface area contributed by atoms with Gasteiger partial charge in [-0.15, -0.1) is 0 Å². The summed E-state index contributed by atoms with van der Waals surface area (Å²) >= 11 is 0. The maximum atomic E-state index is 5.85. The molecule has 0 aliphatic rings. The Kier molecular flexibility index (Phi) is 3.54. The van der Waals surface area contributed by atoms with Gasteiger partial charge in [0.05, 0.1) is 0 Å². The number of aryl methyl sites for hydroxylation is 2. The molecule has 0 saturated heterocycles. The van der Waals surface area contributed by atoms with Crippen LogP contribution in [0.5, 0.6) is 0 Å². The van der Waals surface area contributed by atoms with Crippen molar-refractivity contribution in [3.63, 3.8) is 0 Å². The second kappa shape index (κ2) is 5.10. The molecule has 1 unspecified atom stereocenters. The van der Waals surface area contributed by atoms with Gasteiger partial charge in [-0.25, -0.2) is 4.98 Å². The van der Waals surface area contributed by atoms with Crippen molar-refractivity contribution in [2.45, 2.75) is 19.3 Å². The fourth-order valence-corrected chi connectivity index (χ4v) is 1.90. The minimum absolute atomic E-state index is 0.304. The van der Waals surface area contributed by atoms with Crippen LogP contribution in [0.4, 0.5) is 0 Å². The molecular weight excluding hydrogens is 212 g/mol. The Morgan fingerprint density at radius 1 is 1.29 bits per heavy atom. The number of hydrogen-bond acceptors (Lipinski definition) is 3. The number of benzene rings is 1. The Balaban J connectivity index is 2.17. The quantitative estimate of drug-likeness (QED) is 0.864. The molecule has 1 atom stereocenters. The lowest BCUT2D eigenvalue weighted by atomic mass is 9.95. The Morgan fingerprint density at radius 3 is 2.53 bits per heavy atom. The van der Waals surface area contributed by atoms with Gasteiger partial charge in [0.25, 0.3) is 0 Å². The highest BCUT2D eigenvalue weighted by Crippen LogP contribution is 2.19. The molecular formula is C13H18N4. The van der Waals surface area contributed by atoms with Crippen LogP contribution >= 0.6 is 0 Å². The van der Waals surface area contributed by atoms with Crippen LogP contribution in [0.25, 0.3) is 0 Å². The number of aromatic nitrogens is 3. The van der Waals surface area contributed by atoms with Gasteiger partial charge in [0.15, 0.2) is 0 Å². The van der Waals surface area contributed by atoms with E-state index in [1.165, 1.54) is 11.1 Å². The second-order valence-electron chi connectivity index (χ2n) is 4.35. The van der Waals surface area contributed by atoms with Crippen LogP contribution in [-0.2, 0) is 13.5 Å². The summed E-state index contributed by atoms with van der Waals surface area (Å²) in [7, 11) is 1.91. The lowest BCUT2D eigenvalue weighted by Gasteiger charge is -2.14. The molecule has 1 aromatic carbocycles. The standard InChI is InChI=1S/C13H18N4/c1-10-3-5-11(6-4-10)12(8-14)7-13-15-9-16-17(13)2/h3-6,9,12H,7-8,14H2,1-2H3. The summed E-state index contributed by atoms with van der Waals surface area (Å²) in [4.78, 5) is 4.24. The van der Waals surface area contributed by atoms with E-state index >= 15 is 0 Å². The molecule has 2 rings (SSSR count). The average molecular weight is 230 g/mol. The molecule has 0 radical (unpaired) electrons. The van der Waals surface area contributed by atoms with Gasteiger partial charge in [-0.3, -0.25) is 4.68 Å². The normalized spacial score (nSPS) is 12.6. The molecule has 0 spiro atoms. The van der Waals surface area contributed by atoms with Crippen molar-refractivity contribution in [2.75, 3.05) is 6.54 Å². The van der Waals surface area contributed by atoms with Gasteiger partial charge in [-0.05, 0) is 19.0 Å². The largest absolute Gasteiger partial charge is 0.330 e. The first kappa shape index (κ1) is 11.8. The van der Waals surface area contributed by atoms with E-state index in [0.29, 0.717) is 12.5 Å². The predicted octanol–water partition coefficient (Wildman–Crippen LogP) is 1.41. The summed E-state index contributed by atoms with van der Waals surface area (Å²) in [6.07, 6.45) is 2.41. The van der Waals surface area contributed by atoms with Gasteiger partial charge in [0.1, 0.15) is 12.2 Å². The molecule has 1 heterocycles. The zero-order valence-corrected chi connectivity index (χ0v) is 10.3. The van der Waals surface area contributed by atoms with E-state index in [1.807, 2.05) is 7.05 Å². The van der Waals surface area contributed by atoms with Crippen LogP contribution in [0.3, 0.4) is 0 Å². The molecule has 0 fully saturated rings. The van der Waals surface area contributed by atoms with Gasteiger partial charge < -0.3 is 5.73 Å². The molecule has 0 aliphatic heterocycles. The van der Waals surface area contributed by atoms with Crippen LogP contribution in [-0.4, -0.2) is 21.3 Å². The lowest BCUT2D eigenvalue weighted by molar-refractivity contribution is 0.619. The van der Waals surface area contributed by atoms with Crippen molar-refractivity contribution < 1.29 is 0 Å². The Morgan fingerprint density at radius 2 is 2.00 bits per heavy atom. The molecule has 0 saturated carbocycles. The minimum Gasteiger partial charge on any atom is -0.330 e. The molecule has 2 N–H and O–H groups in total. The first-order valence-corrected chi connectivity index (χ1v) is 5.80. The van der Waals surface area contributed by atoms with E-state index in [4.69, 9.17) is 5.73 Å². The van der Waals surface area contributed by atoms with Crippen LogP contribution < -0.4 is 5.73 Å². The third-order valence-corrected chi connectivity index (χ3v) is 3.07. The molecule has 90 valence electrons. The first-order chi connectivity index (χ1) is 8.20. The summed E-state index contributed by atoms with van der Waals surface area (Å²) in [6.45, 7) is 2.71. The van der Waals surface area contributed by atoms with Crippen LogP contribution in [0.1, 0.15) is 22.9 Å². The molecule has 17 heavy (non-hydrogen) atoms. The van der Waals surface area contributed by atoms with Crippen LogP contribution in [0.2, 0.25) is 0 Å². The van der Waals surface area contributed by atoms with Crippen LogP contribution in [0.15, 0.2) is 30.6 Å². The third-order valence-electron chi connectivity index (χ3n) is 3.07. The zero-order valence-electron chi connectivity index (χ0n) is 10.3. The average Bonchev–Trinajstić information content (AvgIpc) is 2.73. The Labute approximate surface area is 101 Å². The maximum Gasteiger partial charge on any atom is 0.138 e. The van der Waals surface area contributed by atoms with Gasteiger partial charge >= 0.3 is 0 Å². The van der Waals surface area contributed by atoms with E-state index in [0.717, 1.165) is 12.2 Å². The van der Waals surface area contributed by atoms with E-state index < -0.39 is 0 Å². The van der Waals surface area contributed by atoms with Crippen molar-refractivity contribution in [1.82, 2.24) is 14.8 Å². The molecule has 4 nitrogen and oxygen atoms in total. The molecule has 0 aliphatic carbocycles. The highest BCUT2D eigenvalue weighted by molar-refractivity contribution is 5.25. The fraction of sp³-hybridized carbons (Fsp3) is 0.385. The van der Waals surface area contributed by atoms with E-state index in [-0.39, 0.29) is 0 Å². The summed E-state index contributed by atoms with van der Waals surface area (Å²) < 4.78 is 1.80. The van der Waals surface area contributed by atoms with Crippen molar-refractivity contribution in [3.8, 4) is 0 Å². The van der Waals surface area contributed by atoms with Crippen LogP contribution in [0, 0.1) is 6.92 Å².